The van der Waals surface area contributed by atoms with E-state index in [4.69, 9.17) is 4.74 Å². The van der Waals surface area contributed by atoms with E-state index in [0.29, 0.717) is 17.5 Å². The van der Waals surface area contributed by atoms with Crippen molar-refractivity contribution in [3.05, 3.63) is 12.3 Å². The Hall–Kier alpha value is -1.30. The number of hydrogen-bond acceptors (Lipinski definition) is 6. The van der Waals surface area contributed by atoms with Crippen LogP contribution in [-0.2, 0) is 9.53 Å². The number of carbonyl (C=O) groups is 1. The Balaban J connectivity index is 2.55. The highest BCUT2D eigenvalue weighted by atomic mass is 32.2. The van der Waals surface area contributed by atoms with Crippen LogP contribution in [0.1, 0.15) is 13.3 Å². The number of methoxy groups -OCH3 is 2. The van der Waals surface area contributed by atoms with Gasteiger partial charge in [0.2, 0.25) is 5.88 Å². The van der Waals surface area contributed by atoms with Gasteiger partial charge in [0.05, 0.1) is 20.6 Å². The number of esters is 1. The first-order valence-corrected chi connectivity index (χ1v) is 5.64. The predicted octanol–water partition coefficient (Wildman–Crippen LogP) is 1.53. The zero-order valence-corrected chi connectivity index (χ0v) is 10.3. The molecule has 1 unspecified atom stereocenters. The fraction of sp³-hybridized carbons (Fsp3) is 0.500. The molecule has 0 spiro atoms. The molecule has 16 heavy (non-hydrogen) atoms. The van der Waals surface area contributed by atoms with Gasteiger partial charge in [0.15, 0.2) is 5.16 Å². The third-order valence-electron chi connectivity index (χ3n) is 1.81. The highest BCUT2D eigenvalue weighted by Crippen LogP contribution is 2.22. The summed E-state index contributed by atoms with van der Waals surface area (Å²) in [5.74, 6) is 0.283. The van der Waals surface area contributed by atoms with Gasteiger partial charge >= 0.3 is 5.97 Å². The van der Waals surface area contributed by atoms with Gasteiger partial charge in [0.25, 0.3) is 0 Å². The van der Waals surface area contributed by atoms with E-state index in [0.717, 1.165) is 0 Å². The van der Waals surface area contributed by atoms with Gasteiger partial charge in [-0.3, -0.25) is 4.79 Å². The molecule has 0 amide bonds. The molecule has 0 saturated heterocycles. The van der Waals surface area contributed by atoms with Crippen molar-refractivity contribution in [3.63, 3.8) is 0 Å². The third kappa shape index (κ3) is 4.06. The van der Waals surface area contributed by atoms with Crippen LogP contribution in [0.25, 0.3) is 0 Å². The number of thioether (sulfide) groups is 1. The molecule has 0 aromatic carbocycles. The molecule has 0 saturated carbocycles. The predicted molar refractivity (Wildman–Crippen MR) is 60.5 cm³/mol. The first kappa shape index (κ1) is 12.8. The molecule has 0 aliphatic carbocycles. The van der Waals surface area contributed by atoms with Gasteiger partial charge in [0, 0.05) is 17.5 Å². The molecule has 0 N–H and O–H groups in total. The molecule has 0 radical (unpaired) electrons. The Kier molecular flexibility index (Phi) is 5.04. The Morgan fingerprint density at radius 3 is 2.94 bits per heavy atom. The van der Waals surface area contributed by atoms with Crippen molar-refractivity contribution >= 4 is 17.7 Å². The van der Waals surface area contributed by atoms with Crippen LogP contribution in [0.5, 0.6) is 5.88 Å². The molecule has 1 aromatic heterocycles. The summed E-state index contributed by atoms with van der Waals surface area (Å²) in [6.07, 6.45) is 1.96. The number of aromatic nitrogens is 2. The second-order valence-corrected chi connectivity index (χ2v) is 4.50. The first-order valence-electron chi connectivity index (χ1n) is 4.76. The molecule has 1 aromatic rings. The van der Waals surface area contributed by atoms with Gasteiger partial charge in [0.1, 0.15) is 0 Å². The monoisotopic (exact) mass is 242 g/mol. The number of ether oxygens (including phenoxy) is 2. The summed E-state index contributed by atoms with van der Waals surface area (Å²) in [5.41, 5.74) is 0. The van der Waals surface area contributed by atoms with Crippen molar-refractivity contribution in [2.75, 3.05) is 14.2 Å². The topological polar surface area (TPSA) is 61.3 Å². The van der Waals surface area contributed by atoms with Crippen LogP contribution in [0.4, 0.5) is 0 Å². The van der Waals surface area contributed by atoms with Crippen molar-refractivity contribution in [3.8, 4) is 5.88 Å². The molecular formula is C10H14N2O3S. The zero-order valence-electron chi connectivity index (χ0n) is 9.47. The molecule has 1 heterocycles. The van der Waals surface area contributed by atoms with E-state index in [-0.39, 0.29) is 11.2 Å². The lowest BCUT2D eigenvalue weighted by Gasteiger charge is -2.08. The van der Waals surface area contributed by atoms with E-state index in [1.807, 2.05) is 6.92 Å². The fourth-order valence-electron chi connectivity index (χ4n) is 1.04. The van der Waals surface area contributed by atoms with E-state index in [9.17, 15) is 4.79 Å². The summed E-state index contributed by atoms with van der Waals surface area (Å²) in [5, 5.41) is 0.662. The minimum atomic E-state index is -0.233. The van der Waals surface area contributed by atoms with Gasteiger partial charge in [-0.05, 0) is 0 Å². The van der Waals surface area contributed by atoms with Gasteiger partial charge in [-0.2, -0.15) is 4.98 Å². The lowest BCUT2D eigenvalue weighted by Crippen LogP contribution is -2.09. The van der Waals surface area contributed by atoms with Crippen LogP contribution in [0.3, 0.4) is 0 Å². The Morgan fingerprint density at radius 1 is 1.56 bits per heavy atom. The van der Waals surface area contributed by atoms with E-state index < -0.39 is 0 Å². The van der Waals surface area contributed by atoms with Crippen molar-refractivity contribution < 1.29 is 14.3 Å². The highest BCUT2D eigenvalue weighted by Gasteiger charge is 2.12. The van der Waals surface area contributed by atoms with E-state index in [1.165, 1.54) is 18.9 Å². The minimum absolute atomic E-state index is 0.0690. The molecule has 5 nitrogen and oxygen atoms in total. The summed E-state index contributed by atoms with van der Waals surface area (Å²) in [7, 11) is 2.93. The Morgan fingerprint density at radius 2 is 2.31 bits per heavy atom. The largest absolute Gasteiger partial charge is 0.481 e. The summed E-state index contributed by atoms with van der Waals surface area (Å²) < 4.78 is 9.57. The van der Waals surface area contributed by atoms with Crippen LogP contribution >= 0.6 is 11.8 Å². The van der Waals surface area contributed by atoms with Crippen LogP contribution in [0.15, 0.2) is 17.4 Å². The lowest BCUT2D eigenvalue weighted by molar-refractivity contribution is -0.140. The molecule has 0 fully saturated rings. The van der Waals surface area contributed by atoms with Crippen LogP contribution in [-0.4, -0.2) is 35.4 Å². The molecule has 88 valence electrons. The zero-order chi connectivity index (χ0) is 12.0. The van der Waals surface area contributed by atoms with Gasteiger partial charge in [-0.1, -0.05) is 18.7 Å². The number of rotatable bonds is 5. The van der Waals surface area contributed by atoms with Gasteiger partial charge < -0.3 is 9.47 Å². The summed E-state index contributed by atoms with van der Waals surface area (Å²) in [6.45, 7) is 1.92. The van der Waals surface area contributed by atoms with Crippen LogP contribution < -0.4 is 4.74 Å². The molecule has 0 aliphatic rings. The smallest absolute Gasteiger partial charge is 0.306 e. The number of hydrogen-bond donors (Lipinski definition) is 0. The average Bonchev–Trinajstić information content (AvgIpc) is 2.28. The van der Waals surface area contributed by atoms with Crippen molar-refractivity contribution in [1.29, 1.82) is 0 Å². The first-order chi connectivity index (χ1) is 7.65. The maximum absolute atomic E-state index is 11.0. The molecule has 6 heteroatoms. The van der Waals surface area contributed by atoms with E-state index in [2.05, 4.69) is 14.7 Å². The molecule has 1 atom stereocenters. The number of nitrogens with zero attached hydrogens (tertiary/aromatic N) is 2. The average molecular weight is 242 g/mol. The van der Waals surface area contributed by atoms with E-state index >= 15 is 0 Å². The summed E-state index contributed by atoms with van der Waals surface area (Å²) in [4.78, 5) is 19.3. The molecular weight excluding hydrogens is 228 g/mol. The van der Waals surface area contributed by atoms with Crippen molar-refractivity contribution in [2.24, 2.45) is 0 Å². The third-order valence-corrected chi connectivity index (χ3v) is 2.78. The second kappa shape index (κ2) is 6.32. The molecule has 0 bridgehead atoms. The standard InChI is InChI=1S/C10H14N2O3S/c1-7(6-9(13)15-3)16-10-11-5-4-8(12-10)14-2/h4-5,7H,6H2,1-3H3. The van der Waals surface area contributed by atoms with Gasteiger partial charge in [-0.25, -0.2) is 4.98 Å². The molecule has 0 aliphatic heterocycles. The van der Waals surface area contributed by atoms with Crippen LogP contribution in [0.2, 0.25) is 0 Å². The van der Waals surface area contributed by atoms with Crippen LogP contribution in [0, 0.1) is 0 Å². The number of carbonyl (C=O) groups excluding carboxylic acids is 1. The Labute approximate surface area is 98.6 Å². The molecule has 1 rings (SSSR count). The highest BCUT2D eigenvalue weighted by molar-refractivity contribution is 7.99. The maximum Gasteiger partial charge on any atom is 0.306 e. The SMILES string of the molecule is COC(=O)CC(C)Sc1nccc(OC)n1. The van der Waals surface area contributed by atoms with E-state index in [1.54, 1.807) is 19.4 Å². The Bertz CT molecular complexity index is 360. The minimum Gasteiger partial charge on any atom is -0.481 e. The normalized spacial score (nSPS) is 11.9. The summed E-state index contributed by atoms with van der Waals surface area (Å²) >= 11 is 1.41. The van der Waals surface area contributed by atoms with Crippen molar-refractivity contribution in [1.82, 2.24) is 9.97 Å². The lowest BCUT2D eigenvalue weighted by atomic mass is 10.3. The maximum atomic E-state index is 11.0. The quantitative estimate of drug-likeness (QED) is 0.443. The van der Waals surface area contributed by atoms with Gasteiger partial charge in [-0.15, -0.1) is 0 Å². The second-order valence-electron chi connectivity index (χ2n) is 3.09. The van der Waals surface area contributed by atoms with Crippen molar-refractivity contribution in [2.45, 2.75) is 23.8 Å². The fourth-order valence-corrected chi connectivity index (χ4v) is 1.88. The summed E-state index contributed by atoms with van der Waals surface area (Å²) in [6, 6.07) is 1.68.